The average molecular weight is 552 g/mol. The number of esters is 1. The zero-order chi connectivity index (χ0) is 29.2. The van der Waals surface area contributed by atoms with Gasteiger partial charge in [0.05, 0.1) is 31.4 Å². The number of nitrogens with one attached hydrogen (secondary N) is 1. The number of morpholine rings is 1. The van der Waals surface area contributed by atoms with Crippen LogP contribution in [0.25, 0.3) is 5.76 Å². The molecular formula is C31H41N3O6. The van der Waals surface area contributed by atoms with Gasteiger partial charge in [-0.1, -0.05) is 45.0 Å². The first-order valence-corrected chi connectivity index (χ1v) is 14.0. The number of ether oxygens (including phenoxy) is 2. The van der Waals surface area contributed by atoms with Crippen molar-refractivity contribution in [1.82, 2.24) is 14.8 Å². The number of nitrogens with zero attached hydrogens (tertiary/aromatic N) is 2. The summed E-state index contributed by atoms with van der Waals surface area (Å²) in [5.41, 5.74) is 3.36. The zero-order valence-corrected chi connectivity index (χ0v) is 24.4. The van der Waals surface area contributed by atoms with Crippen molar-refractivity contribution in [1.29, 1.82) is 0 Å². The van der Waals surface area contributed by atoms with Gasteiger partial charge in [-0.3, -0.25) is 14.5 Å². The number of Topliss-reactive ketones (excluding diaryl/α,β-unsaturated/α-hetero) is 1. The summed E-state index contributed by atoms with van der Waals surface area (Å²) in [5.74, 6) is -2.20. The van der Waals surface area contributed by atoms with Gasteiger partial charge in [0.1, 0.15) is 11.5 Å². The summed E-state index contributed by atoms with van der Waals surface area (Å²) >= 11 is 0. The van der Waals surface area contributed by atoms with E-state index in [0.29, 0.717) is 43.0 Å². The quantitative estimate of drug-likeness (QED) is 0.218. The standard InChI is InChI=1S/C31H41N3O6/c1-7-40-30(38)25-19(2)23(20(3)32-25)27(35)24-26(21-9-11-22(12-10-21)31(4,5)6)34(29(37)28(24)36)14-8-13-33-15-17-39-18-16-33/h9-12,26,32,35H,7-8,13-18H2,1-6H3/t26-/m1/s1. The number of ketones is 1. The number of rotatable bonds is 8. The molecule has 2 aliphatic rings. The molecule has 2 aromatic rings. The van der Waals surface area contributed by atoms with Crippen molar-refractivity contribution < 1.29 is 29.0 Å². The number of likely N-dealkylation sites (tertiary alicyclic amines) is 1. The fraction of sp³-hybridized carbons (Fsp3) is 0.516. The number of benzene rings is 1. The number of hydrogen-bond acceptors (Lipinski definition) is 7. The molecule has 1 aromatic carbocycles. The van der Waals surface area contributed by atoms with E-state index >= 15 is 0 Å². The molecule has 1 amide bonds. The second-order valence-corrected chi connectivity index (χ2v) is 11.5. The highest BCUT2D eigenvalue weighted by Crippen LogP contribution is 2.41. The Morgan fingerprint density at radius 3 is 2.35 bits per heavy atom. The fourth-order valence-electron chi connectivity index (χ4n) is 5.56. The molecule has 0 bridgehead atoms. The minimum absolute atomic E-state index is 0.0282. The van der Waals surface area contributed by atoms with Crippen LogP contribution in [0.15, 0.2) is 29.8 Å². The number of aliphatic hydroxyl groups excluding tert-OH is 1. The van der Waals surface area contributed by atoms with E-state index in [4.69, 9.17) is 9.47 Å². The number of aromatic amines is 1. The summed E-state index contributed by atoms with van der Waals surface area (Å²) in [5, 5.41) is 11.6. The molecule has 9 nitrogen and oxygen atoms in total. The number of H-pyrrole nitrogens is 1. The summed E-state index contributed by atoms with van der Waals surface area (Å²) in [6, 6.07) is 7.13. The first-order valence-electron chi connectivity index (χ1n) is 14.0. The molecule has 2 aliphatic heterocycles. The largest absolute Gasteiger partial charge is 0.507 e. The van der Waals surface area contributed by atoms with Crippen LogP contribution in [0.1, 0.15) is 78.6 Å². The molecule has 0 radical (unpaired) electrons. The first kappa shape index (κ1) is 29.6. The summed E-state index contributed by atoms with van der Waals surface area (Å²) in [7, 11) is 0. The Hall–Kier alpha value is -3.43. The van der Waals surface area contributed by atoms with Crippen molar-refractivity contribution in [2.24, 2.45) is 0 Å². The maximum atomic E-state index is 13.5. The van der Waals surface area contributed by atoms with Crippen molar-refractivity contribution in [3.05, 3.63) is 63.5 Å². The molecule has 0 unspecified atom stereocenters. The maximum Gasteiger partial charge on any atom is 0.355 e. The molecule has 0 saturated carbocycles. The number of aliphatic hydroxyl groups is 1. The van der Waals surface area contributed by atoms with E-state index in [2.05, 4.69) is 30.7 Å². The third kappa shape index (κ3) is 5.86. The Morgan fingerprint density at radius 1 is 1.10 bits per heavy atom. The highest BCUT2D eigenvalue weighted by molar-refractivity contribution is 6.46. The number of amides is 1. The van der Waals surface area contributed by atoms with Gasteiger partial charge < -0.3 is 24.5 Å². The molecule has 4 rings (SSSR count). The van der Waals surface area contributed by atoms with Crippen LogP contribution in [-0.4, -0.2) is 83.5 Å². The van der Waals surface area contributed by atoms with E-state index in [1.807, 2.05) is 24.3 Å². The third-order valence-electron chi connectivity index (χ3n) is 7.76. The Balaban J connectivity index is 1.76. The Labute approximate surface area is 236 Å². The summed E-state index contributed by atoms with van der Waals surface area (Å²) in [4.78, 5) is 46.3. The second kappa shape index (κ2) is 12.0. The van der Waals surface area contributed by atoms with Crippen molar-refractivity contribution in [2.75, 3.05) is 46.0 Å². The summed E-state index contributed by atoms with van der Waals surface area (Å²) in [6.07, 6.45) is 0.679. The summed E-state index contributed by atoms with van der Waals surface area (Å²) in [6.45, 7) is 15.9. The van der Waals surface area contributed by atoms with Crippen molar-refractivity contribution in [3.8, 4) is 0 Å². The van der Waals surface area contributed by atoms with Crippen molar-refractivity contribution in [3.63, 3.8) is 0 Å². The van der Waals surface area contributed by atoms with Crippen LogP contribution in [0.4, 0.5) is 0 Å². The fourth-order valence-corrected chi connectivity index (χ4v) is 5.56. The normalized spacial score (nSPS) is 19.9. The monoisotopic (exact) mass is 551 g/mol. The minimum Gasteiger partial charge on any atom is -0.507 e. The first-order chi connectivity index (χ1) is 19.0. The van der Waals surface area contributed by atoms with Crippen molar-refractivity contribution in [2.45, 2.75) is 59.4 Å². The van der Waals surface area contributed by atoms with Crippen LogP contribution in [0.2, 0.25) is 0 Å². The molecule has 2 fully saturated rings. The average Bonchev–Trinajstić information content (AvgIpc) is 3.36. The van der Waals surface area contributed by atoms with E-state index in [-0.39, 0.29) is 29.0 Å². The highest BCUT2D eigenvalue weighted by atomic mass is 16.5. The van der Waals surface area contributed by atoms with Gasteiger partial charge in [-0.05, 0) is 49.3 Å². The number of aryl methyl sites for hydroxylation is 1. The van der Waals surface area contributed by atoms with E-state index in [9.17, 15) is 19.5 Å². The van der Waals surface area contributed by atoms with Crippen LogP contribution in [0.3, 0.4) is 0 Å². The molecule has 0 aliphatic carbocycles. The van der Waals surface area contributed by atoms with E-state index < -0.39 is 23.7 Å². The third-order valence-corrected chi connectivity index (χ3v) is 7.76. The van der Waals surface area contributed by atoms with Gasteiger partial charge in [-0.25, -0.2) is 4.79 Å². The number of aromatic nitrogens is 1. The zero-order valence-electron chi connectivity index (χ0n) is 24.4. The topological polar surface area (TPSA) is 112 Å². The van der Waals surface area contributed by atoms with Gasteiger partial charge >= 0.3 is 5.97 Å². The van der Waals surface area contributed by atoms with Crippen LogP contribution >= 0.6 is 0 Å². The van der Waals surface area contributed by atoms with Gasteiger partial charge in [-0.2, -0.15) is 0 Å². The Bertz CT molecular complexity index is 1300. The number of hydrogen-bond donors (Lipinski definition) is 2. The predicted molar refractivity (Wildman–Crippen MR) is 152 cm³/mol. The summed E-state index contributed by atoms with van der Waals surface area (Å²) < 4.78 is 10.6. The van der Waals surface area contributed by atoms with Gasteiger partial charge in [0.15, 0.2) is 0 Å². The Kier molecular flexibility index (Phi) is 8.85. The molecule has 0 spiro atoms. The van der Waals surface area contributed by atoms with Crippen molar-refractivity contribution >= 4 is 23.4 Å². The van der Waals surface area contributed by atoms with E-state index in [0.717, 1.165) is 30.8 Å². The lowest BCUT2D eigenvalue weighted by Gasteiger charge is -2.29. The van der Waals surface area contributed by atoms with Crippen LogP contribution in [0.5, 0.6) is 0 Å². The molecule has 2 N–H and O–H groups in total. The molecule has 2 saturated heterocycles. The van der Waals surface area contributed by atoms with Gasteiger partial charge in [0, 0.05) is 37.4 Å². The lowest BCUT2D eigenvalue weighted by atomic mass is 9.85. The van der Waals surface area contributed by atoms with Crippen LogP contribution in [-0.2, 0) is 24.5 Å². The van der Waals surface area contributed by atoms with Gasteiger partial charge in [0.25, 0.3) is 11.7 Å². The lowest BCUT2D eigenvalue weighted by Crippen LogP contribution is -2.39. The van der Waals surface area contributed by atoms with E-state index in [1.54, 1.807) is 25.7 Å². The lowest BCUT2D eigenvalue weighted by molar-refractivity contribution is -0.140. The molecular weight excluding hydrogens is 510 g/mol. The molecule has 3 heterocycles. The predicted octanol–water partition coefficient (Wildman–Crippen LogP) is 4.25. The molecule has 40 heavy (non-hydrogen) atoms. The van der Waals surface area contributed by atoms with E-state index in [1.165, 1.54) is 0 Å². The SMILES string of the molecule is CCOC(=O)c1[nH]c(C)c(C(O)=C2C(=O)C(=O)N(CCCN3CCOCC3)[C@@H]2c2ccc(C(C)(C)C)cc2)c1C. The minimum atomic E-state index is -0.751. The van der Waals surface area contributed by atoms with Gasteiger partial charge in [-0.15, -0.1) is 0 Å². The molecule has 9 heteroatoms. The molecule has 1 aromatic heterocycles. The molecule has 1 atom stereocenters. The smallest absolute Gasteiger partial charge is 0.355 e. The maximum absolute atomic E-state index is 13.5. The molecule has 216 valence electrons. The number of carbonyl (C=O) groups is 3. The number of carbonyl (C=O) groups excluding carboxylic acids is 3. The van der Waals surface area contributed by atoms with Crippen LogP contribution < -0.4 is 0 Å². The Morgan fingerprint density at radius 2 is 1.75 bits per heavy atom. The highest BCUT2D eigenvalue weighted by Gasteiger charge is 2.46. The van der Waals surface area contributed by atoms with Crippen LogP contribution in [0, 0.1) is 13.8 Å². The van der Waals surface area contributed by atoms with Gasteiger partial charge in [0.2, 0.25) is 0 Å². The second-order valence-electron chi connectivity index (χ2n) is 11.5.